The average molecular weight is 480 g/mol. The van der Waals surface area contributed by atoms with Gasteiger partial charge < -0.3 is 20.1 Å². The van der Waals surface area contributed by atoms with Crippen molar-refractivity contribution in [1.82, 2.24) is 18.6 Å². The van der Waals surface area contributed by atoms with Gasteiger partial charge in [0.1, 0.15) is 0 Å². The lowest BCUT2D eigenvalue weighted by Gasteiger charge is -2.48. The average Bonchev–Trinajstić information content (AvgIpc) is 3.57. The van der Waals surface area contributed by atoms with Crippen molar-refractivity contribution in [3.05, 3.63) is 65.7 Å². The molecule has 5 rings (SSSR count). The van der Waals surface area contributed by atoms with Gasteiger partial charge >= 0.3 is 0 Å². The second-order valence-electron chi connectivity index (χ2n) is 8.57. The van der Waals surface area contributed by atoms with Crippen molar-refractivity contribution < 1.29 is 19.1 Å². The van der Waals surface area contributed by atoms with Crippen molar-refractivity contribution in [2.45, 2.75) is 44.2 Å². The van der Waals surface area contributed by atoms with Crippen LogP contribution in [0.1, 0.15) is 53.7 Å². The number of aromatic nitrogens is 3. The predicted octanol–water partition coefficient (Wildman–Crippen LogP) is 3.27. The number of rotatable bonds is 7. The third-order valence-electron chi connectivity index (χ3n) is 6.72. The number of hydrogen-bond donors (Lipinski definition) is 1. The highest BCUT2D eigenvalue weighted by Gasteiger charge is 2.53. The fourth-order valence-electron chi connectivity index (χ4n) is 5.19. The van der Waals surface area contributed by atoms with Gasteiger partial charge in [0, 0.05) is 18.9 Å². The molecule has 9 nitrogen and oxygen atoms in total. The molecule has 2 N–H and O–H groups in total. The molecule has 1 aromatic carbocycles. The van der Waals surface area contributed by atoms with Crippen LogP contribution in [0.25, 0.3) is 0 Å². The Morgan fingerprint density at radius 2 is 1.85 bits per heavy atom. The smallest absolute Gasteiger partial charge is 0.276 e. The molecule has 1 aliphatic carbocycles. The quantitative estimate of drug-likeness (QED) is 0.552. The molecule has 2 aromatic heterocycles. The van der Waals surface area contributed by atoms with E-state index in [1.807, 2.05) is 18.2 Å². The van der Waals surface area contributed by atoms with Crippen molar-refractivity contribution in [2.24, 2.45) is 11.7 Å². The molecule has 2 aliphatic rings. The summed E-state index contributed by atoms with van der Waals surface area (Å²) in [6.45, 7) is 0.283. The number of fused-ring (bicyclic) bond motifs is 1. The van der Waals surface area contributed by atoms with Crippen LogP contribution in [0.15, 0.2) is 48.9 Å². The van der Waals surface area contributed by atoms with E-state index in [-0.39, 0.29) is 24.9 Å². The minimum atomic E-state index is -1.37. The first-order valence-electron chi connectivity index (χ1n) is 11.3. The molecule has 0 spiro atoms. The number of primary amides is 1. The van der Waals surface area contributed by atoms with Gasteiger partial charge in [0.05, 0.1) is 17.9 Å². The lowest BCUT2D eigenvalue weighted by molar-refractivity contribution is -0.135. The molecule has 10 heteroatoms. The highest BCUT2D eigenvalue weighted by Crippen LogP contribution is 2.45. The van der Waals surface area contributed by atoms with Crippen LogP contribution in [0.2, 0.25) is 0 Å². The van der Waals surface area contributed by atoms with Gasteiger partial charge in [0.2, 0.25) is 12.7 Å². The van der Waals surface area contributed by atoms with Gasteiger partial charge in [-0.05, 0) is 54.2 Å². The summed E-state index contributed by atoms with van der Waals surface area (Å²) < 4.78 is 19.2. The first-order chi connectivity index (χ1) is 16.6. The lowest BCUT2D eigenvalue weighted by atomic mass is 9.69. The van der Waals surface area contributed by atoms with Gasteiger partial charge in [-0.3, -0.25) is 14.6 Å². The Labute approximate surface area is 201 Å². The van der Waals surface area contributed by atoms with E-state index in [0.717, 1.165) is 49.4 Å². The van der Waals surface area contributed by atoms with E-state index in [1.54, 1.807) is 29.4 Å². The molecule has 34 heavy (non-hydrogen) atoms. The Bertz CT molecular complexity index is 1170. The SMILES string of the molecule is NC(=O)C(c1ccncc1)(C1CCCCC1)N(Cc1ccc2c(c1)OCO2)C(=O)c1cnsn1. The maximum atomic E-state index is 14.0. The summed E-state index contributed by atoms with van der Waals surface area (Å²) >= 11 is 0.948. The molecule has 1 saturated carbocycles. The second-order valence-corrected chi connectivity index (χ2v) is 9.13. The van der Waals surface area contributed by atoms with Gasteiger partial charge in [-0.1, -0.05) is 25.3 Å². The van der Waals surface area contributed by atoms with Crippen LogP contribution in [0.4, 0.5) is 0 Å². The summed E-state index contributed by atoms with van der Waals surface area (Å²) in [6.07, 6.45) is 9.28. The minimum Gasteiger partial charge on any atom is -0.454 e. The standard InChI is InChI=1S/C24H25N5O4S/c25-23(31)24(17-4-2-1-3-5-17,18-8-10-26-11-9-18)29(22(30)19-13-27-34-28-19)14-16-6-7-20-21(12-16)33-15-32-20/h6-13,17H,1-5,14-15H2,(H2,25,31). The van der Waals surface area contributed by atoms with Crippen molar-refractivity contribution in [3.8, 4) is 11.5 Å². The number of carbonyl (C=O) groups excluding carboxylic acids is 2. The lowest BCUT2D eigenvalue weighted by Crippen LogP contribution is -2.61. The third-order valence-corrected chi connectivity index (χ3v) is 7.20. The van der Waals surface area contributed by atoms with Crippen LogP contribution in [0, 0.1) is 5.92 Å². The Morgan fingerprint density at radius 1 is 1.09 bits per heavy atom. The van der Waals surface area contributed by atoms with Crippen LogP contribution in [-0.4, -0.2) is 37.2 Å². The van der Waals surface area contributed by atoms with Gasteiger partial charge in [-0.15, -0.1) is 0 Å². The summed E-state index contributed by atoms with van der Waals surface area (Å²) in [6, 6.07) is 9.06. The highest BCUT2D eigenvalue weighted by molar-refractivity contribution is 6.99. The van der Waals surface area contributed by atoms with Gasteiger partial charge in [0.25, 0.3) is 5.91 Å². The molecule has 3 aromatic rings. The Kier molecular flexibility index (Phi) is 6.14. The molecule has 1 fully saturated rings. The van der Waals surface area contributed by atoms with E-state index >= 15 is 0 Å². The van der Waals surface area contributed by atoms with E-state index in [1.165, 1.54) is 6.20 Å². The number of amides is 2. The normalized spacial score (nSPS) is 17.2. The summed E-state index contributed by atoms with van der Waals surface area (Å²) in [5, 5.41) is 0. The Balaban J connectivity index is 1.67. The fraction of sp³-hybridized carbons (Fsp3) is 0.375. The van der Waals surface area contributed by atoms with E-state index in [2.05, 4.69) is 13.7 Å². The maximum absolute atomic E-state index is 14.0. The number of pyridine rings is 1. The van der Waals surface area contributed by atoms with Crippen molar-refractivity contribution >= 4 is 23.5 Å². The largest absolute Gasteiger partial charge is 0.454 e. The van der Waals surface area contributed by atoms with Crippen LogP contribution in [0.3, 0.4) is 0 Å². The number of ether oxygens (including phenoxy) is 2. The topological polar surface area (TPSA) is 121 Å². The molecule has 3 heterocycles. The van der Waals surface area contributed by atoms with E-state index in [0.29, 0.717) is 17.1 Å². The first kappa shape index (κ1) is 22.3. The van der Waals surface area contributed by atoms with Crippen molar-refractivity contribution in [3.63, 3.8) is 0 Å². The van der Waals surface area contributed by atoms with Crippen molar-refractivity contribution in [2.75, 3.05) is 6.79 Å². The molecule has 1 aliphatic heterocycles. The van der Waals surface area contributed by atoms with Crippen LogP contribution >= 0.6 is 11.7 Å². The number of hydrogen-bond acceptors (Lipinski definition) is 8. The molecule has 2 amide bonds. The molecule has 0 saturated heterocycles. The Morgan fingerprint density at radius 3 is 2.56 bits per heavy atom. The predicted molar refractivity (Wildman–Crippen MR) is 124 cm³/mol. The van der Waals surface area contributed by atoms with Crippen LogP contribution < -0.4 is 15.2 Å². The van der Waals surface area contributed by atoms with Crippen LogP contribution in [-0.2, 0) is 16.9 Å². The van der Waals surface area contributed by atoms with Crippen LogP contribution in [0.5, 0.6) is 11.5 Å². The molecule has 1 unspecified atom stereocenters. The molecule has 1 atom stereocenters. The second kappa shape index (κ2) is 9.38. The molecule has 0 bridgehead atoms. The van der Waals surface area contributed by atoms with Gasteiger partial charge in [-0.2, -0.15) is 8.75 Å². The fourth-order valence-corrected chi connectivity index (χ4v) is 5.60. The molecular formula is C24H25N5O4S. The zero-order valence-corrected chi connectivity index (χ0v) is 19.4. The zero-order valence-electron chi connectivity index (χ0n) is 18.6. The van der Waals surface area contributed by atoms with E-state index < -0.39 is 17.4 Å². The monoisotopic (exact) mass is 479 g/mol. The molecular weight excluding hydrogens is 454 g/mol. The maximum Gasteiger partial charge on any atom is 0.276 e. The third kappa shape index (κ3) is 3.87. The first-order valence-corrected chi connectivity index (χ1v) is 12.0. The Hall–Kier alpha value is -3.53. The highest BCUT2D eigenvalue weighted by atomic mass is 32.1. The number of nitrogens with two attached hydrogens (primary N) is 1. The zero-order chi connectivity index (χ0) is 23.5. The molecule has 176 valence electrons. The van der Waals surface area contributed by atoms with E-state index in [9.17, 15) is 9.59 Å². The number of nitrogens with zero attached hydrogens (tertiary/aromatic N) is 4. The minimum absolute atomic E-state index is 0.134. The van der Waals surface area contributed by atoms with Gasteiger partial charge in [0.15, 0.2) is 22.7 Å². The molecule has 0 radical (unpaired) electrons. The van der Waals surface area contributed by atoms with E-state index in [4.69, 9.17) is 15.2 Å². The van der Waals surface area contributed by atoms with Gasteiger partial charge in [-0.25, -0.2) is 0 Å². The summed E-state index contributed by atoms with van der Waals surface area (Å²) in [5.74, 6) is 0.139. The van der Waals surface area contributed by atoms with Crippen molar-refractivity contribution in [1.29, 1.82) is 0 Å². The number of benzene rings is 1. The summed E-state index contributed by atoms with van der Waals surface area (Å²) in [4.78, 5) is 33.2. The summed E-state index contributed by atoms with van der Waals surface area (Å²) in [5.41, 5.74) is 6.49. The summed E-state index contributed by atoms with van der Waals surface area (Å²) in [7, 11) is 0. The number of carbonyl (C=O) groups is 2.